The highest BCUT2D eigenvalue weighted by molar-refractivity contribution is 6.36. The predicted molar refractivity (Wildman–Crippen MR) is 102 cm³/mol. The molecule has 3 rings (SSSR count). The second kappa shape index (κ2) is 8.09. The molecule has 0 radical (unpaired) electrons. The Morgan fingerprint density at radius 3 is 2.88 bits per heavy atom. The van der Waals surface area contributed by atoms with Crippen molar-refractivity contribution in [1.82, 2.24) is 4.90 Å². The first-order chi connectivity index (χ1) is 12.1. The van der Waals surface area contributed by atoms with Gasteiger partial charge in [-0.15, -0.1) is 0 Å². The summed E-state index contributed by atoms with van der Waals surface area (Å²) in [4.78, 5) is 14.6. The number of hydrogen-bond acceptors (Lipinski definition) is 3. The topological polar surface area (TPSA) is 41.6 Å². The van der Waals surface area contributed by atoms with Gasteiger partial charge in [-0.2, -0.15) is 0 Å². The van der Waals surface area contributed by atoms with E-state index >= 15 is 0 Å². The molecule has 132 valence electrons. The van der Waals surface area contributed by atoms with Crippen LogP contribution in [0.25, 0.3) is 0 Å². The Morgan fingerprint density at radius 2 is 2.12 bits per heavy atom. The van der Waals surface area contributed by atoms with Crippen molar-refractivity contribution in [3.63, 3.8) is 0 Å². The molecule has 0 bridgehead atoms. The van der Waals surface area contributed by atoms with Crippen molar-refractivity contribution in [2.75, 3.05) is 25.5 Å². The quantitative estimate of drug-likeness (QED) is 0.813. The molecule has 4 nitrogen and oxygen atoms in total. The van der Waals surface area contributed by atoms with E-state index in [2.05, 4.69) is 16.3 Å². The van der Waals surface area contributed by atoms with Crippen LogP contribution in [0.3, 0.4) is 0 Å². The minimum Gasteiger partial charge on any atom is -0.497 e. The lowest BCUT2D eigenvalue weighted by atomic mass is 10.0. The molecule has 0 aromatic heterocycles. The Balaban J connectivity index is 1.67. The fourth-order valence-corrected chi connectivity index (χ4v) is 3.66. The largest absolute Gasteiger partial charge is 0.497 e. The van der Waals surface area contributed by atoms with Gasteiger partial charge < -0.3 is 10.1 Å². The highest BCUT2D eigenvalue weighted by Crippen LogP contribution is 2.33. The molecule has 6 heteroatoms. The molecule has 0 saturated carbocycles. The van der Waals surface area contributed by atoms with E-state index in [9.17, 15) is 4.79 Å². The van der Waals surface area contributed by atoms with E-state index in [1.54, 1.807) is 25.3 Å². The average Bonchev–Trinajstić information content (AvgIpc) is 3.05. The first kappa shape index (κ1) is 18.1. The van der Waals surface area contributed by atoms with Gasteiger partial charge in [0.15, 0.2) is 0 Å². The summed E-state index contributed by atoms with van der Waals surface area (Å²) < 4.78 is 5.31. The van der Waals surface area contributed by atoms with Crippen molar-refractivity contribution >= 4 is 34.8 Å². The van der Waals surface area contributed by atoms with Gasteiger partial charge >= 0.3 is 0 Å². The molecule has 1 aliphatic rings. The van der Waals surface area contributed by atoms with Gasteiger partial charge in [0.1, 0.15) is 5.75 Å². The van der Waals surface area contributed by atoms with Crippen LogP contribution in [0.1, 0.15) is 24.4 Å². The number of likely N-dealkylation sites (tertiary alicyclic amines) is 1. The van der Waals surface area contributed by atoms with Crippen molar-refractivity contribution in [2.45, 2.75) is 18.9 Å². The minimum atomic E-state index is -0.0842. The van der Waals surface area contributed by atoms with E-state index in [0.717, 1.165) is 25.1 Å². The summed E-state index contributed by atoms with van der Waals surface area (Å²) in [6, 6.07) is 13.3. The maximum absolute atomic E-state index is 12.4. The van der Waals surface area contributed by atoms with Gasteiger partial charge in [0.25, 0.3) is 0 Å². The Labute approximate surface area is 157 Å². The SMILES string of the molecule is COc1cccc([C@H]2CCCN2CC(=O)Nc2ccc(Cl)cc2Cl)c1. The highest BCUT2D eigenvalue weighted by atomic mass is 35.5. The van der Waals surface area contributed by atoms with Gasteiger partial charge in [-0.25, -0.2) is 0 Å². The number of hydrogen-bond donors (Lipinski definition) is 1. The maximum Gasteiger partial charge on any atom is 0.238 e. The van der Waals surface area contributed by atoms with E-state index in [1.807, 2.05) is 18.2 Å². The van der Waals surface area contributed by atoms with Crippen LogP contribution < -0.4 is 10.1 Å². The van der Waals surface area contributed by atoms with Gasteiger partial charge in [0, 0.05) is 11.1 Å². The second-order valence-corrected chi connectivity index (χ2v) is 6.92. The van der Waals surface area contributed by atoms with E-state index < -0.39 is 0 Å². The summed E-state index contributed by atoms with van der Waals surface area (Å²) in [6.45, 7) is 1.21. The highest BCUT2D eigenvalue weighted by Gasteiger charge is 2.27. The lowest BCUT2D eigenvalue weighted by molar-refractivity contribution is -0.117. The predicted octanol–water partition coefficient (Wildman–Crippen LogP) is 4.78. The standard InChI is InChI=1S/C19H20Cl2N2O2/c1-25-15-5-2-4-13(10-15)18-6-3-9-23(18)12-19(24)22-17-8-7-14(20)11-16(17)21/h2,4-5,7-8,10-11,18H,3,6,9,12H2,1H3,(H,22,24)/t18-/m1/s1. The molecule has 1 aliphatic heterocycles. The van der Waals surface area contributed by atoms with Crippen LogP contribution >= 0.6 is 23.2 Å². The monoisotopic (exact) mass is 378 g/mol. The molecule has 0 aliphatic carbocycles. The molecule has 1 saturated heterocycles. The van der Waals surface area contributed by atoms with Gasteiger partial charge in [-0.3, -0.25) is 9.69 Å². The fourth-order valence-electron chi connectivity index (χ4n) is 3.21. The van der Waals surface area contributed by atoms with Gasteiger partial charge in [0.05, 0.1) is 24.4 Å². The lowest BCUT2D eigenvalue weighted by Crippen LogP contribution is -2.33. The zero-order chi connectivity index (χ0) is 17.8. The number of amides is 1. The zero-order valence-electron chi connectivity index (χ0n) is 14.0. The third-order valence-corrected chi connectivity index (χ3v) is 4.94. The number of nitrogens with zero attached hydrogens (tertiary/aromatic N) is 1. The fraction of sp³-hybridized carbons (Fsp3) is 0.316. The third-order valence-electron chi connectivity index (χ3n) is 4.39. The van der Waals surface area contributed by atoms with Gasteiger partial charge in [-0.05, 0) is 55.3 Å². The third kappa shape index (κ3) is 4.46. The van der Waals surface area contributed by atoms with Crippen LogP contribution in [-0.4, -0.2) is 31.0 Å². The number of carbonyl (C=O) groups excluding carboxylic acids is 1. The van der Waals surface area contributed by atoms with E-state index in [4.69, 9.17) is 27.9 Å². The van der Waals surface area contributed by atoms with Crippen LogP contribution in [0.2, 0.25) is 10.0 Å². The summed E-state index contributed by atoms with van der Waals surface area (Å²) in [5.41, 5.74) is 1.75. The van der Waals surface area contributed by atoms with E-state index in [0.29, 0.717) is 22.3 Å². The second-order valence-electron chi connectivity index (χ2n) is 6.08. The molecule has 0 unspecified atom stereocenters. The Morgan fingerprint density at radius 1 is 1.28 bits per heavy atom. The van der Waals surface area contributed by atoms with Crippen molar-refractivity contribution < 1.29 is 9.53 Å². The molecule has 1 N–H and O–H groups in total. The number of anilines is 1. The number of nitrogens with one attached hydrogen (secondary N) is 1. The van der Waals surface area contributed by atoms with Crippen LogP contribution in [0, 0.1) is 0 Å². The van der Waals surface area contributed by atoms with Gasteiger partial charge in [-0.1, -0.05) is 35.3 Å². The number of methoxy groups -OCH3 is 1. The average molecular weight is 379 g/mol. The van der Waals surface area contributed by atoms with Crippen molar-refractivity contribution in [1.29, 1.82) is 0 Å². The van der Waals surface area contributed by atoms with Crippen molar-refractivity contribution in [3.05, 3.63) is 58.1 Å². The molecule has 1 atom stereocenters. The first-order valence-corrected chi connectivity index (χ1v) is 8.95. The Bertz CT molecular complexity index is 767. The molecule has 1 heterocycles. The van der Waals surface area contributed by atoms with Crippen molar-refractivity contribution in [2.24, 2.45) is 0 Å². The van der Waals surface area contributed by atoms with Crippen LogP contribution in [0.15, 0.2) is 42.5 Å². The van der Waals surface area contributed by atoms with Crippen LogP contribution in [0.4, 0.5) is 5.69 Å². The normalized spacial score (nSPS) is 17.5. The first-order valence-electron chi connectivity index (χ1n) is 8.19. The summed E-state index contributed by atoms with van der Waals surface area (Å²) >= 11 is 12.0. The molecule has 1 fully saturated rings. The Kier molecular flexibility index (Phi) is 5.84. The molecule has 25 heavy (non-hydrogen) atoms. The van der Waals surface area contributed by atoms with Crippen molar-refractivity contribution in [3.8, 4) is 5.75 Å². The number of carbonyl (C=O) groups is 1. The molecule has 1 amide bonds. The molecular formula is C19H20Cl2N2O2. The Hall–Kier alpha value is -1.75. The van der Waals surface area contributed by atoms with Crippen LogP contribution in [-0.2, 0) is 4.79 Å². The zero-order valence-corrected chi connectivity index (χ0v) is 15.5. The summed E-state index contributed by atoms with van der Waals surface area (Å²) in [7, 11) is 1.66. The smallest absolute Gasteiger partial charge is 0.238 e. The summed E-state index contributed by atoms with van der Waals surface area (Å²) in [5, 5.41) is 3.84. The molecule has 2 aromatic rings. The minimum absolute atomic E-state index is 0.0842. The number of halogens is 2. The number of ether oxygens (including phenoxy) is 1. The number of benzene rings is 2. The number of rotatable bonds is 5. The maximum atomic E-state index is 12.4. The van der Waals surface area contributed by atoms with E-state index in [1.165, 1.54) is 5.56 Å². The lowest BCUT2D eigenvalue weighted by Gasteiger charge is -2.24. The molecular weight excluding hydrogens is 359 g/mol. The molecule has 0 spiro atoms. The van der Waals surface area contributed by atoms with Crippen LogP contribution in [0.5, 0.6) is 5.75 Å². The summed E-state index contributed by atoms with van der Waals surface area (Å²) in [6.07, 6.45) is 2.10. The van der Waals surface area contributed by atoms with E-state index in [-0.39, 0.29) is 11.9 Å². The van der Waals surface area contributed by atoms with Gasteiger partial charge in [0.2, 0.25) is 5.91 Å². The summed E-state index contributed by atoms with van der Waals surface area (Å²) in [5.74, 6) is 0.751. The molecule has 2 aromatic carbocycles.